The van der Waals surface area contributed by atoms with Crippen molar-refractivity contribution < 1.29 is 22.4 Å². The largest absolute Gasteiger partial charge is 0.406 e. The predicted molar refractivity (Wildman–Crippen MR) is 70.9 cm³/mol. The summed E-state index contributed by atoms with van der Waals surface area (Å²) in [6.45, 7) is 2.02. The quantitative estimate of drug-likeness (QED) is 0.739. The van der Waals surface area contributed by atoms with E-state index in [1.165, 1.54) is 12.1 Å². The van der Waals surface area contributed by atoms with E-state index in [-0.39, 0.29) is 22.5 Å². The molecule has 20 heavy (non-hydrogen) atoms. The first-order valence-corrected chi connectivity index (χ1v) is 6.70. The fraction of sp³-hybridized carbons (Fsp3) is 0.462. The summed E-state index contributed by atoms with van der Waals surface area (Å²) in [5.41, 5.74) is -0.101. The topological polar surface area (TPSA) is 20.3 Å². The SMILES string of the molecule is CC(C)CN(CC(F)(F)F)C(=O)c1ccc(Br)c(F)c1. The Morgan fingerprint density at radius 1 is 1.35 bits per heavy atom. The normalized spacial score (nSPS) is 11.8. The molecule has 0 fully saturated rings. The lowest BCUT2D eigenvalue weighted by molar-refractivity contribution is -0.141. The number of carbonyl (C=O) groups is 1. The molecule has 0 saturated carbocycles. The molecule has 0 aromatic heterocycles. The minimum absolute atomic E-state index is 0.0456. The number of nitrogens with zero attached hydrogens (tertiary/aromatic N) is 1. The summed E-state index contributed by atoms with van der Waals surface area (Å²) in [5, 5.41) is 0. The van der Waals surface area contributed by atoms with Gasteiger partial charge in [0.15, 0.2) is 0 Å². The number of amides is 1. The van der Waals surface area contributed by atoms with Crippen molar-refractivity contribution in [1.29, 1.82) is 0 Å². The van der Waals surface area contributed by atoms with Crippen LogP contribution < -0.4 is 0 Å². The fourth-order valence-electron chi connectivity index (χ4n) is 1.69. The van der Waals surface area contributed by atoms with Gasteiger partial charge in [-0.15, -0.1) is 0 Å². The second-order valence-corrected chi connectivity index (χ2v) is 5.68. The average Bonchev–Trinajstić information content (AvgIpc) is 2.28. The van der Waals surface area contributed by atoms with Gasteiger partial charge in [-0.25, -0.2) is 4.39 Å². The predicted octanol–water partition coefficient (Wildman–Crippen LogP) is 4.25. The Balaban J connectivity index is 2.99. The molecule has 0 aliphatic rings. The van der Waals surface area contributed by atoms with Crippen molar-refractivity contribution in [3.05, 3.63) is 34.1 Å². The Kier molecular flexibility index (Phi) is 5.56. The van der Waals surface area contributed by atoms with Gasteiger partial charge in [0.25, 0.3) is 5.91 Å². The molecule has 0 bridgehead atoms. The van der Waals surface area contributed by atoms with E-state index in [0.717, 1.165) is 6.07 Å². The molecule has 7 heteroatoms. The number of rotatable bonds is 4. The zero-order valence-electron chi connectivity index (χ0n) is 11.0. The highest BCUT2D eigenvalue weighted by molar-refractivity contribution is 9.10. The third-order valence-electron chi connectivity index (χ3n) is 2.41. The number of hydrogen-bond acceptors (Lipinski definition) is 1. The lowest BCUT2D eigenvalue weighted by atomic mass is 10.1. The second-order valence-electron chi connectivity index (χ2n) is 4.82. The van der Waals surface area contributed by atoms with Crippen LogP contribution in [-0.2, 0) is 0 Å². The maximum atomic E-state index is 13.4. The second kappa shape index (κ2) is 6.56. The van der Waals surface area contributed by atoms with Gasteiger partial charge in [-0.2, -0.15) is 13.2 Å². The standard InChI is InChI=1S/C13H14BrF4NO/c1-8(2)6-19(7-13(16,17)18)12(20)9-3-4-10(14)11(15)5-9/h3-5,8H,6-7H2,1-2H3. The van der Waals surface area contributed by atoms with Gasteiger partial charge in [-0.3, -0.25) is 4.79 Å². The lowest BCUT2D eigenvalue weighted by Crippen LogP contribution is -2.41. The summed E-state index contributed by atoms with van der Waals surface area (Å²) in [7, 11) is 0. The average molecular weight is 356 g/mol. The molecule has 0 spiro atoms. The smallest absolute Gasteiger partial charge is 0.329 e. The molecule has 112 valence electrons. The molecule has 0 saturated heterocycles. The Morgan fingerprint density at radius 2 is 1.95 bits per heavy atom. The lowest BCUT2D eigenvalue weighted by Gasteiger charge is -2.25. The Labute approximate surface area is 122 Å². The van der Waals surface area contributed by atoms with Crippen molar-refractivity contribution in [2.45, 2.75) is 20.0 Å². The Bertz CT molecular complexity index is 488. The summed E-state index contributed by atoms with van der Waals surface area (Å²) in [5.74, 6) is -1.64. The van der Waals surface area contributed by atoms with Crippen LogP contribution >= 0.6 is 15.9 Å². The van der Waals surface area contributed by atoms with E-state index < -0.39 is 24.4 Å². The van der Waals surface area contributed by atoms with Crippen LogP contribution in [0.5, 0.6) is 0 Å². The van der Waals surface area contributed by atoms with Crippen molar-refractivity contribution in [1.82, 2.24) is 4.90 Å². The van der Waals surface area contributed by atoms with E-state index in [0.29, 0.717) is 4.90 Å². The molecule has 1 rings (SSSR count). The molecule has 2 nitrogen and oxygen atoms in total. The highest BCUT2D eigenvalue weighted by Gasteiger charge is 2.33. The van der Waals surface area contributed by atoms with Crippen molar-refractivity contribution in [2.24, 2.45) is 5.92 Å². The van der Waals surface area contributed by atoms with Gasteiger partial charge in [-0.1, -0.05) is 13.8 Å². The summed E-state index contributed by atoms with van der Waals surface area (Å²) in [4.78, 5) is 12.8. The number of carbonyl (C=O) groups excluding carboxylic acids is 1. The van der Waals surface area contributed by atoms with Crippen molar-refractivity contribution in [3.63, 3.8) is 0 Å². The van der Waals surface area contributed by atoms with Gasteiger partial charge in [0.05, 0.1) is 4.47 Å². The first-order chi connectivity index (χ1) is 9.10. The fourth-order valence-corrected chi connectivity index (χ4v) is 1.93. The molecule has 0 radical (unpaired) electrons. The van der Waals surface area contributed by atoms with Crippen molar-refractivity contribution in [3.8, 4) is 0 Å². The summed E-state index contributed by atoms with van der Waals surface area (Å²) >= 11 is 2.92. The van der Waals surface area contributed by atoms with Gasteiger partial charge in [0, 0.05) is 12.1 Å². The van der Waals surface area contributed by atoms with E-state index in [1.807, 2.05) is 0 Å². The first-order valence-electron chi connectivity index (χ1n) is 5.91. The number of halogens is 5. The molecule has 1 aromatic rings. The molecule has 1 amide bonds. The zero-order valence-corrected chi connectivity index (χ0v) is 12.6. The monoisotopic (exact) mass is 355 g/mol. The van der Waals surface area contributed by atoms with Crippen LogP contribution in [-0.4, -0.2) is 30.1 Å². The van der Waals surface area contributed by atoms with E-state index in [9.17, 15) is 22.4 Å². The molecular formula is C13H14BrF4NO. The van der Waals surface area contributed by atoms with Crippen molar-refractivity contribution >= 4 is 21.8 Å². The molecule has 0 aliphatic carbocycles. The molecular weight excluding hydrogens is 342 g/mol. The zero-order chi connectivity index (χ0) is 15.5. The van der Waals surface area contributed by atoms with Gasteiger partial charge in [0.2, 0.25) is 0 Å². The highest BCUT2D eigenvalue weighted by atomic mass is 79.9. The summed E-state index contributed by atoms with van der Waals surface area (Å²) in [6, 6.07) is 3.51. The maximum absolute atomic E-state index is 13.4. The number of hydrogen-bond donors (Lipinski definition) is 0. The van der Waals surface area contributed by atoms with Crippen LogP contribution in [0.4, 0.5) is 17.6 Å². The van der Waals surface area contributed by atoms with E-state index in [4.69, 9.17) is 0 Å². The molecule has 0 atom stereocenters. The van der Waals surface area contributed by atoms with E-state index >= 15 is 0 Å². The number of benzene rings is 1. The summed E-state index contributed by atoms with van der Waals surface area (Å²) in [6.07, 6.45) is -4.49. The van der Waals surface area contributed by atoms with Crippen LogP contribution in [0.1, 0.15) is 24.2 Å². The maximum Gasteiger partial charge on any atom is 0.406 e. The van der Waals surface area contributed by atoms with Crippen LogP contribution in [0.3, 0.4) is 0 Å². The van der Waals surface area contributed by atoms with Crippen LogP contribution in [0.2, 0.25) is 0 Å². The van der Waals surface area contributed by atoms with Gasteiger partial charge >= 0.3 is 6.18 Å². The van der Waals surface area contributed by atoms with E-state index in [2.05, 4.69) is 15.9 Å². The molecule has 0 aliphatic heterocycles. The minimum Gasteiger partial charge on any atom is -0.329 e. The van der Waals surface area contributed by atoms with Crippen LogP contribution in [0.15, 0.2) is 22.7 Å². The van der Waals surface area contributed by atoms with E-state index in [1.54, 1.807) is 13.8 Å². The Morgan fingerprint density at radius 3 is 2.40 bits per heavy atom. The van der Waals surface area contributed by atoms with Crippen molar-refractivity contribution in [2.75, 3.05) is 13.1 Å². The third kappa shape index (κ3) is 5.11. The summed E-state index contributed by atoms with van der Waals surface area (Å²) < 4.78 is 51.0. The first kappa shape index (κ1) is 16.9. The minimum atomic E-state index is -4.49. The molecule has 0 unspecified atom stereocenters. The van der Waals surface area contributed by atoms with Gasteiger partial charge < -0.3 is 4.90 Å². The molecule has 1 aromatic carbocycles. The Hall–Kier alpha value is -1.11. The van der Waals surface area contributed by atoms with Crippen LogP contribution in [0, 0.1) is 11.7 Å². The van der Waals surface area contributed by atoms with Gasteiger partial charge in [-0.05, 0) is 40.0 Å². The van der Waals surface area contributed by atoms with Gasteiger partial charge in [0.1, 0.15) is 12.4 Å². The third-order valence-corrected chi connectivity index (χ3v) is 3.05. The van der Waals surface area contributed by atoms with Crippen LogP contribution in [0.25, 0.3) is 0 Å². The molecule has 0 heterocycles. The molecule has 0 N–H and O–H groups in total. The number of alkyl halides is 3. The highest BCUT2D eigenvalue weighted by Crippen LogP contribution is 2.21.